The van der Waals surface area contributed by atoms with Gasteiger partial charge in [0, 0.05) is 12.6 Å². The molecule has 0 aliphatic carbocycles. The molecular weight excluding hydrogens is 202 g/mol. The summed E-state index contributed by atoms with van der Waals surface area (Å²) in [4.78, 5) is 0. The number of hydrogen-bond acceptors (Lipinski definition) is 2. The maximum atomic E-state index is 3.54. The van der Waals surface area contributed by atoms with E-state index in [2.05, 4.69) is 49.7 Å². The van der Waals surface area contributed by atoms with E-state index < -0.39 is 0 Å². The SMILES string of the molecule is CSCCC(C)NCc1ccc(C)cc1. The van der Waals surface area contributed by atoms with Gasteiger partial charge in [0.05, 0.1) is 0 Å². The van der Waals surface area contributed by atoms with Crippen molar-refractivity contribution in [3.05, 3.63) is 35.4 Å². The Balaban J connectivity index is 2.27. The van der Waals surface area contributed by atoms with Crippen LogP contribution in [-0.2, 0) is 6.54 Å². The number of thioether (sulfide) groups is 1. The Kier molecular flexibility index (Phi) is 5.81. The lowest BCUT2D eigenvalue weighted by Gasteiger charge is -2.13. The molecular formula is C13H21NS. The molecule has 2 heteroatoms. The van der Waals surface area contributed by atoms with Crippen molar-refractivity contribution < 1.29 is 0 Å². The molecule has 84 valence electrons. The highest BCUT2D eigenvalue weighted by atomic mass is 32.2. The first-order valence-electron chi connectivity index (χ1n) is 5.50. The van der Waals surface area contributed by atoms with Gasteiger partial charge < -0.3 is 5.32 Å². The van der Waals surface area contributed by atoms with Crippen LogP contribution in [0.3, 0.4) is 0 Å². The highest BCUT2D eigenvalue weighted by molar-refractivity contribution is 7.98. The Morgan fingerprint density at radius 1 is 1.27 bits per heavy atom. The van der Waals surface area contributed by atoms with Crippen LogP contribution in [0.1, 0.15) is 24.5 Å². The van der Waals surface area contributed by atoms with Crippen molar-refractivity contribution in [1.82, 2.24) is 5.32 Å². The normalized spacial score (nSPS) is 12.7. The van der Waals surface area contributed by atoms with Gasteiger partial charge in [-0.15, -0.1) is 0 Å². The number of benzene rings is 1. The minimum Gasteiger partial charge on any atom is -0.310 e. The van der Waals surface area contributed by atoms with Gasteiger partial charge in [-0.25, -0.2) is 0 Å². The average Bonchev–Trinajstić information content (AvgIpc) is 2.25. The zero-order valence-corrected chi connectivity index (χ0v) is 10.7. The molecule has 0 bridgehead atoms. The Hall–Kier alpha value is -0.470. The quantitative estimate of drug-likeness (QED) is 0.794. The monoisotopic (exact) mass is 223 g/mol. The van der Waals surface area contributed by atoms with Gasteiger partial charge in [-0.2, -0.15) is 11.8 Å². The smallest absolute Gasteiger partial charge is 0.0207 e. The lowest BCUT2D eigenvalue weighted by atomic mass is 10.1. The molecule has 1 rings (SSSR count). The lowest BCUT2D eigenvalue weighted by molar-refractivity contribution is 0.537. The molecule has 0 spiro atoms. The fraction of sp³-hybridized carbons (Fsp3) is 0.538. The largest absolute Gasteiger partial charge is 0.310 e. The summed E-state index contributed by atoms with van der Waals surface area (Å²) in [7, 11) is 0. The van der Waals surface area contributed by atoms with Crippen LogP contribution in [0.5, 0.6) is 0 Å². The third-order valence-electron chi connectivity index (χ3n) is 2.53. The van der Waals surface area contributed by atoms with Crippen molar-refractivity contribution in [2.75, 3.05) is 12.0 Å². The van der Waals surface area contributed by atoms with Gasteiger partial charge in [-0.1, -0.05) is 29.8 Å². The van der Waals surface area contributed by atoms with E-state index in [0.29, 0.717) is 6.04 Å². The van der Waals surface area contributed by atoms with E-state index in [1.54, 1.807) is 0 Å². The van der Waals surface area contributed by atoms with E-state index in [0.717, 1.165) is 6.54 Å². The predicted molar refractivity (Wildman–Crippen MR) is 70.5 cm³/mol. The molecule has 1 atom stereocenters. The molecule has 0 fully saturated rings. The summed E-state index contributed by atoms with van der Waals surface area (Å²) in [6.07, 6.45) is 3.40. The summed E-state index contributed by atoms with van der Waals surface area (Å²) in [6, 6.07) is 9.35. The second-order valence-corrected chi connectivity index (χ2v) is 5.03. The first-order chi connectivity index (χ1) is 7.22. The fourth-order valence-electron chi connectivity index (χ4n) is 1.39. The summed E-state index contributed by atoms with van der Waals surface area (Å²) in [5.41, 5.74) is 2.70. The first-order valence-corrected chi connectivity index (χ1v) is 6.89. The Morgan fingerprint density at radius 2 is 1.93 bits per heavy atom. The Bertz CT molecular complexity index is 268. The Morgan fingerprint density at radius 3 is 2.53 bits per heavy atom. The second-order valence-electron chi connectivity index (χ2n) is 4.05. The maximum absolute atomic E-state index is 3.54. The molecule has 1 nitrogen and oxygen atoms in total. The summed E-state index contributed by atoms with van der Waals surface area (Å²) in [5.74, 6) is 1.24. The van der Waals surface area contributed by atoms with Crippen molar-refractivity contribution in [2.24, 2.45) is 0 Å². The molecule has 0 aromatic heterocycles. The molecule has 0 saturated carbocycles. The van der Waals surface area contributed by atoms with Gasteiger partial charge in [-0.3, -0.25) is 0 Å². The highest BCUT2D eigenvalue weighted by Gasteiger charge is 2.00. The van der Waals surface area contributed by atoms with E-state index >= 15 is 0 Å². The topological polar surface area (TPSA) is 12.0 Å². The van der Waals surface area contributed by atoms with Gasteiger partial charge in [-0.05, 0) is 37.8 Å². The average molecular weight is 223 g/mol. The number of aryl methyl sites for hydroxylation is 1. The molecule has 0 amide bonds. The molecule has 0 heterocycles. The van der Waals surface area contributed by atoms with Crippen LogP contribution in [0, 0.1) is 6.92 Å². The van der Waals surface area contributed by atoms with Crippen LogP contribution in [0.2, 0.25) is 0 Å². The molecule has 1 unspecified atom stereocenters. The van der Waals surface area contributed by atoms with Crippen LogP contribution in [-0.4, -0.2) is 18.1 Å². The fourth-order valence-corrected chi connectivity index (χ4v) is 1.98. The molecule has 0 radical (unpaired) electrons. The van der Waals surface area contributed by atoms with Gasteiger partial charge in [0.15, 0.2) is 0 Å². The summed E-state index contributed by atoms with van der Waals surface area (Å²) >= 11 is 1.91. The zero-order chi connectivity index (χ0) is 11.1. The van der Waals surface area contributed by atoms with E-state index in [1.165, 1.54) is 23.3 Å². The van der Waals surface area contributed by atoms with Gasteiger partial charge in [0.1, 0.15) is 0 Å². The summed E-state index contributed by atoms with van der Waals surface area (Å²) in [6.45, 7) is 5.36. The van der Waals surface area contributed by atoms with Crippen molar-refractivity contribution in [2.45, 2.75) is 32.9 Å². The highest BCUT2D eigenvalue weighted by Crippen LogP contribution is 2.04. The third-order valence-corrected chi connectivity index (χ3v) is 3.17. The predicted octanol–water partition coefficient (Wildman–Crippen LogP) is 3.23. The van der Waals surface area contributed by atoms with Crippen LogP contribution in [0.25, 0.3) is 0 Å². The van der Waals surface area contributed by atoms with Gasteiger partial charge in [0.2, 0.25) is 0 Å². The number of hydrogen-bond donors (Lipinski definition) is 1. The molecule has 1 N–H and O–H groups in total. The molecule has 15 heavy (non-hydrogen) atoms. The zero-order valence-electron chi connectivity index (χ0n) is 9.92. The van der Waals surface area contributed by atoms with Crippen molar-refractivity contribution in [3.63, 3.8) is 0 Å². The summed E-state index contributed by atoms with van der Waals surface area (Å²) in [5, 5.41) is 3.54. The van der Waals surface area contributed by atoms with Crippen molar-refractivity contribution in [1.29, 1.82) is 0 Å². The Labute approximate surface area is 97.7 Å². The van der Waals surface area contributed by atoms with Crippen LogP contribution >= 0.6 is 11.8 Å². The minimum atomic E-state index is 0.610. The van der Waals surface area contributed by atoms with Crippen molar-refractivity contribution in [3.8, 4) is 0 Å². The first kappa shape index (κ1) is 12.6. The lowest BCUT2D eigenvalue weighted by Crippen LogP contribution is -2.25. The maximum Gasteiger partial charge on any atom is 0.0207 e. The molecule has 1 aromatic rings. The minimum absolute atomic E-state index is 0.610. The third kappa shape index (κ3) is 5.24. The van der Waals surface area contributed by atoms with E-state index in [1.807, 2.05) is 11.8 Å². The van der Waals surface area contributed by atoms with E-state index in [9.17, 15) is 0 Å². The molecule has 1 aromatic carbocycles. The van der Waals surface area contributed by atoms with Crippen molar-refractivity contribution >= 4 is 11.8 Å². The summed E-state index contributed by atoms with van der Waals surface area (Å²) < 4.78 is 0. The number of rotatable bonds is 6. The molecule has 0 aliphatic heterocycles. The van der Waals surface area contributed by atoms with Crippen LogP contribution in [0.4, 0.5) is 0 Å². The van der Waals surface area contributed by atoms with Gasteiger partial charge in [0.25, 0.3) is 0 Å². The van der Waals surface area contributed by atoms with Crippen LogP contribution < -0.4 is 5.32 Å². The standard InChI is InChI=1S/C13H21NS/c1-11-4-6-13(7-5-11)10-14-12(2)8-9-15-3/h4-7,12,14H,8-10H2,1-3H3. The van der Waals surface area contributed by atoms with E-state index in [-0.39, 0.29) is 0 Å². The second kappa shape index (κ2) is 6.91. The number of nitrogens with one attached hydrogen (secondary N) is 1. The molecule has 0 saturated heterocycles. The van der Waals surface area contributed by atoms with Crippen LogP contribution in [0.15, 0.2) is 24.3 Å². The van der Waals surface area contributed by atoms with E-state index in [4.69, 9.17) is 0 Å². The van der Waals surface area contributed by atoms with Gasteiger partial charge >= 0.3 is 0 Å². The molecule has 0 aliphatic rings.